The number of nitrogens with zero attached hydrogens (tertiary/aromatic N) is 7. The third kappa shape index (κ3) is 8.86. The Morgan fingerprint density at radius 2 is 0.850 bits per heavy atom. The zero-order chi connectivity index (χ0) is 27.2. The molecule has 0 spiro atoms. The lowest BCUT2D eigenvalue weighted by Gasteiger charge is -2.23. The van der Waals surface area contributed by atoms with Crippen LogP contribution in [0.5, 0.6) is 0 Å². The lowest BCUT2D eigenvalue weighted by Crippen LogP contribution is -2.28. The lowest BCUT2D eigenvalue weighted by atomic mass is 10.2. The van der Waals surface area contributed by atoms with Gasteiger partial charge in [0.25, 0.3) is 0 Å². The van der Waals surface area contributed by atoms with Crippen LogP contribution < -0.4 is 0 Å². The lowest BCUT2D eigenvalue weighted by molar-refractivity contribution is 0.238. The van der Waals surface area contributed by atoms with Gasteiger partial charge in [0, 0.05) is 94.5 Å². The van der Waals surface area contributed by atoms with E-state index in [1.165, 1.54) is 5.56 Å². The first-order chi connectivity index (χ1) is 19.8. The Hall–Kier alpha value is -4.33. The van der Waals surface area contributed by atoms with Gasteiger partial charge in [-0.15, -0.1) is 0 Å². The molecule has 40 heavy (non-hydrogen) atoms. The molecule has 0 saturated carbocycles. The maximum Gasteiger partial charge on any atom is 0.0544 e. The fourth-order valence-corrected chi connectivity index (χ4v) is 4.65. The summed E-state index contributed by atoms with van der Waals surface area (Å²) < 4.78 is 0. The van der Waals surface area contributed by atoms with E-state index in [1.807, 2.05) is 79.5 Å². The first-order valence-electron chi connectivity index (χ1n) is 13.8. The van der Waals surface area contributed by atoms with Gasteiger partial charge >= 0.3 is 0 Å². The molecule has 0 unspecified atom stereocenters. The third-order valence-corrected chi connectivity index (χ3v) is 6.72. The minimum absolute atomic E-state index is 0.719. The van der Waals surface area contributed by atoms with Crippen LogP contribution in [0.4, 0.5) is 0 Å². The molecule has 0 N–H and O–H groups in total. The van der Waals surface area contributed by atoms with Crippen molar-refractivity contribution in [3.63, 3.8) is 0 Å². The first kappa shape index (κ1) is 27.2. The van der Waals surface area contributed by atoms with Gasteiger partial charge in [-0.3, -0.25) is 34.7 Å². The van der Waals surface area contributed by atoms with Crippen molar-refractivity contribution in [3.8, 4) is 0 Å². The number of pyridine rings is 5. The standard InChI is InChI=1S/C33H35N7/c1-5-17-34-29(9-1)15-21-39(22-16-30-10-2-6-18-35-30)24-28-13-14-33(38-23-28)27-40(25-31-11-3-7-19-36-31)26-32-12-4-8-20-37-32/h1-14,17-20,23H,15-16,21-22,24-27H2. The maximum atomic E-state index is 4.86. The summed E-state index contributed by atoms with van der Waals surface area (Å²) in [5.41, 5.74) is 6.52. The van der Waals surface area contributed by atoms with Crippen LogP contribution in [0, 0.1) is 0 Å². The van der Waals surface area contributed by atoms with Gasteiger partial charge < -0.3 is 0 Å². The monoisotopic (exact) mass is 529 g/mol. The van der Waals surface area contributed by atoms with Crippen LogP contribution in [0.3, 0.4) is 0 Å². The average Bonchev–Trinajstić information content (AvgIpc) is 3.01. The van der Waals surface area contributed by atoms with Gasteiger partial charge in [-0.2, -0.15) is 0 Å². The molecule has 0 aliphatic heterocycles. The fourth-order valence-electron chi connectivity index (χ4n) is 4.65. The minimum atomic E-state index is 0.719. The van der Waals surface area contributed by atoms with E-state index in [-0.39, 0.29) is 0 Å². The zero-order valence-corrected chi connectivity index (χ0v) is 22.8. The Morgan fingerprint density at radius 3 is 1.25 bits per heavy atom. The van der Waals surface area contributed by atoms with Gasteiger partial charge in [-0.05, 0) is 60.2 Å². The Labute approximate surface area is 236 Å². The number of hydrogen-bond acceptors (Lipinski definition) is 7. The molecule has 7 heteroatoms. The van der Waals surface area contributed by atoms with E-state index in [9.17, 15) is 0 Å². The molecule has 0 aromatic carbocycles. The topological polar surface area (TPSA) is 70.9 Å². The molecule has 0 bridgehead atoms. The highest BCUT2D eigenvalue weighted by Gasteiger charge is 2.12. The van der Waals surface area contributed by atoms with Crippen molar-refractivity contribution in [1.29, 1.82) is 0 Å². The van der Waals surface area contributed by atoms with E-state index in [0.717, 1.165) is 80.6 Å². The van der Waals surface area contributed by atoms with Crippen molar-refractivity contribution in [3.05, 3.63) is 150 Å². The van der Waals surface area contributed by atoms with Gasteiger partial charge in [0.15, 0.2) is 0 Å². The highest BCUT2D eigenvalue weighted by molar-refractivity contribution is 5.15. The van der Waals surface area contributed by atoms with E-state index in [1.54, 1.807) is 0 Å². The summed E-state index contributed by atoms with van der Waals surface area (Å²) in [5, 5.41) is 0. The summed E-state index contributed by atoms with van der Waals surface area (Å²) in [6.07, 6.45) is 11.2. The predicted octanol–water partition coefficient (Wildman–Crippen LogP) is 5.15. The van der Waals surface area contributed by atoms with E-state index in [4.69, 9.17) is 4.98 Å². The Balaban J connectivity index is 1.24. The summed E-state index contributed by atoms with van der Waals surface area (Å²) in [4.78, 5) is 27.7. The van der Waals surface area contributed by atoms with Gasteiger partial charge in [-0.25, -0.2) is 0 Å². The molecule has 5 rings (SSSR count). The summed E-state index contributed by atoms with van der Waals surface area (Å²) in [5.74, 6) is 0. The van der Waals surface area contributed by atoms with Crippen LogP contribution in [-0.2, 0) is 39.0 Å². The molecule has 5 heterocycles. The largest absolute Gasteiger partial charge is 0.298 e. The van der Waals surface area contributed by atoms with Crippen LogP contribution in [0.25, 0.3) is 0 Å². The van der Waals surface area contributed by atoms with Crippen molar-refractivity contribution in [2.75, 3.05) is 13.1 Å². The Kier molecular flexibility index (Phi) is 10.0. The van der Waals surface area contributed by atoms with Crippen LogP contribution in [-0.4, -0.2) is 47.8 Å². The van der Waals surface area contributed by atoms with Crippen molar-refractivity contribution < 1.29 is 0 Å². The van der Waals surface area contributed by atoms with Crippen LogP contribution in [0.1, 0.15) is 34.0 Å². The second kappa shape index (κ2) is 14.7. The molecule has 0 aliphatic carbocycles. The smallest absolute Gasteiger partial charge is 0.0544 e. The SMILES string of the molecule is c1ccc(CCN(CCc2ccccn2)Cc2ccc(CN(Cc3ccccn3)Cc3ccccn3)nc2)nc1. The number of rotatable bonds is 14. The Bertz CT molecular complexity index is 1300. The summed E-state index contributed by atoms with van der Waals surface area (Å²) in [6.45, 7) is 4.86. The van der Waals surface area contributed by atoms with Gasteiger partial charge in [0.05, 0.1) is 17.1 Å². The summed E-state index contributed by atoms with van der Waals surface area (Å²) >= 11 is 0. The second-order valence-corrected chi connectivity index (χ2v) is 9.86. The number of aromatic nitrogens is 5. The van der Waals surface area contributed by atoms with Crippen LogP contribution in [0.2, 0.25) is 0 Å². The molecule has 202 valence electrons. The van der Waals surface area contributed by atoms with E-state index in [2.05, 4.69) is 66.1 Å². The molecule has 0 amide bonds. The normalized spacial score (nSPS) is 11.2. The number of hydrogen-bond donors (Lipinski definition) is 0. The molecule has 5 aromatic heterocycles. The molecular formula is C33H35N7. The van der Waals surface area contributed by atoms with Crippen molar-refractivity contribution in [1.82, 2.24) is 34.7 Å². The molecule has 0 atom stereocenters. The molecule has 0 radical (unpaired) electrons. The highest BCUT2D eigenvalue weighted by Crippen LogP contribution is 2.13. The third-order valence-electron chi connectivity index (χ3n) is 6.72. The first-order valence-corrected chi connectivity index (χ1v) is 13.8. The second-order valence-electron chi connectivity index (χ2n) is 9.86. The predicted molar refractivity (Wildman–Crippen MR) is 157 cm³/mol. The van der Waals surface area contributed by atoms with Crippen molar-refractivity contribution in [2.45, 2.75) is 39.0 Å². The molecule has 5 aromatic rings. The summed E-state index contributed by atoms with van der Waals surface area (Å²) in [7, 11) is 0. The fraction of sp³-hybridized carbons (Fsp3) is 0.242. The molecular weight excluding hydrogens is 494 g/mol. The van der Waals surface area contributed by atoms with E-state index < -0.39 is 0 Å². The van der Waals surface area contributed by atoms with Crippen molar-refractivity contribution >= 4 is 0 Å². The van der Waals surface area contributed by atoms with Gasteiger partial charge in [0.2, 0.25) is 0 Å². The van der Waals surface area contributed by atoms with E-state index in [0.29, 0.717) is 0 Å². The van der Waals surface area contributed by atoms with E-state index >= 15 is 0 Å². The van der Waals surface area contributed by atoms with Crippen molar-refractivity contribution in [2.24, 2.45) is 0 Å². The van der Waals surface area contributed by atoms with Gasteiger partial charge in [-0.1, -0.05) is 30.3 Å². The molecule has 0 fully saturated rings. The minimum Gasteiger partial charge on any atom is -0.298 e. The molecule has 0 aliphatic rings. The quantitative estimate of drug-likeness (QED) is 0.197. The average molecular weight is 530 g/mol. The highest BCUT2D eigenvalue weighted by atomic mass is 15.1. The summed E-state index contributed by atoms with van der Waals surface area (Å²) in [6, 6.07) is 28.6. The Morgan fingerprint density at radius 1 is 0.400 bits per heavy atom. The van der Waals surface area contributed by atoms with Gasteiger partial charge in [0.1, 0.15) is 0 Å². The van der Waals surface area contributed by atoms with Crippen LogP contribution in [0.15, 0.2) is 116 Å². The van der Waals surface area contributed by atoms with Crippen LogP contribution >= 0.6 is 0 Å². The zero-order valence-electron chi connectivity index (χ0n) is 22.8. The molecule has 7 nitrogen and oxygen atoms in total. The molecule has 0 saturated heterocycles. The maximum absolute atomic E-state index is 4.86.